The molecule has 2 aliphatic carbocycles. The topological polar surface area (TPSA) is 39.7 Å². The lowest BCUT2D eigenvalue weighted by Gasteiger charge is -2.33. The van der Waals surface area contributed by atoms with E-state index in [4.69, 9.17) is 11.6 Å². The number of rotatable bonds is 4. The SMILES string of the molecule is CN=C(NC1CCN(C2CC2)CC1)NC1CC1c1cccc(Cl)c1. The Labute approximate surface area is 149 Å². The average molecular weight is 347 g/mol. The van der Waals surface area contributed by atoms with E-state index in [2.05, 4.69) is 32.7 Å². The predicted octanol–water partition coefficient (Wildman–Crippen LogP) is 2.99. The first-order valence-electron chi connectivity index (χ1n) is 9.22. The van der Waals surface area contributed by atoms with Crippen LogP contribution in [0.3, 0.4) is 0 Å². The standard InChI is InChI=1S/C19H27ClN4/c1-21-19(22-15-7-9-24(10-8-15)16-5-6-16)23-18-12-17(18)13-3-2-4-14(20)11-13/h2-4,11,15-18H,5-10,12H2,1H3,(H2,21,22,23). The van der Waals surface area contributed by atoms with Crippen molar-refractivity contribution in [3.8, 4) is 0 Å². The van der Waals surface area contributed by atoms with Gasteiger partial charge in [-0.3, -0.25) is 4.99 Å². The second-order valence-corrected chi connectivity index (χ2v) is 7.84. The minimum Gasteiger partial charge on any atom is -0.354 e. The van der Waals surface area contributed by atoms with Gasteiger partial charge in [0, 0.05) is 49.2 Å². The molecule has 1 heterocycles. The Morgan fingerprint density at radius 2 is 1.96 bits per heavy atom. The van der Waals surface area contributed by atoms with Gasteiger partial charge in [-0.25, -0.2) is 0 Å². The van der Waals surface area contributed by atoms with Crippen molar-refractivity contribution in [1.29, 1.82) is 0 Å². The lowest BCUT2D eigenvalue weighted by Crippen LogP contribution is -2.49. The van der Waals surface area contributed by atoms with Crippen LogP contribution in [-0.4, -0.2) is 49.1 Å². The number of benzene rings is 1. The molecule has 1 saturated heterocycles. The molecule has 0 spiro atoms. The van der Waals surface area contributed by atoms with Crippen LogP contribution in [0, 0.1) is 0 Å². The molecule has 3 aliphatic rings. The Kier molecular flexibility index (Phi) is 4.68. The van der Waals surface area contributed by atoms with Gasteiger partial charge < -0.3 is 15.5 Å². The first kappa shape index (κ1) is 16.2. The summed E-state index contributed by atoms with van der Waals surface area (Å²) < 4.78 is 0. The van der Waals surface area contributed by atoms with Gasteiger partial charge in [-0.2, -0.15) is 0 Å². The van der Waals surface area contributed by atoms with Gasteiger partial charge in [-0.1, -0.05) is 23.7 Å². The highest BCUT2D eigenvalue weighted by atomic mass is 35.5. The molecule has 0 radical (unpaired) electrons. The van der Waals surface area contributed by atoms with E-state index in [1.165, 1.54) is 44.3 Å². The van der Waals surface area contributed by atoms with Crippen molar-refractivity contribution < 1.29 is 0 Å². The van der Waals surface area contributed by atoms with Crippen molar-refractivity contribution >= 4 is 17.6 Å². The first-order valence-corrected chi connectivity index (χ1v) is 9.60. The molecular weight excluding hydrogens is 320 g/mol. The number of nitrogens with zero attached hydrogens (tertiary/aromatic N) is 2. The van der Waals surface area contributed by atoms with Crippen LogP contribution in [0.15, 0.2) is 29.3 Å². The summed E-state index contributed by atoms with van der Waals surface area (Å²) in [6.45, 7) is 2.46. The lowest BCUT2D eigenvalue weighted by atomic mass is 10.1. The van der Waals surface area contributed by atoms with Crippen LogP contribution < -0.4 is 10.6 Å². The lowest BCUT2D eigenvalue weighted by molar-refractivity contribution is 0.197. The molecule has 1 aromatic carbocycles. The summed E-state index contributed by atoms with van der Waals surface area (Å²) in [6.07, 6.45) is 6.42. The summed E-state index contributed by atoms with van der Waals surface area (Å²) in [5, 5.41) is 8.03. The Bertz CT molecular complexity index is 605. The van der Waals surface area contributed by atoms with Gasteiger partial charge in [0.25, 0.3) is 0 Å². The van der Waals surface area contributed by atoms with E-state index in [1.807, 2.05) is 19.2 Å². The molecule has 4 nitrogen and oxygen atoms in total. The monoisotopic (exact) mass is 346 g/mol. The van der Waals surface area contributed by atoms with E-state index >= 15 is 0 Å². The highest BCUT2D eigenvalue weighted by Crippen LogP contribution is 2.41. The maximum Gasteiger partial charge on any atom is 0.191 e. The molecule has 1 aliphatic heterocycles. The van der Waals surface area contributed by atoms with Crippen molar-refractivity contribution in [2.24, 2.45) is 4.99 Å². The Balaban J connectivity index is 1.25. The van der Waals surface area contributed by atoms with Crippen molar-refractivity contribution in [2.45, 2.75) is 56.1 Å². The number of halogens is 1. The fraction of sp³-hybridized carbons (Fsp3) is 0.632. The molecule has 5 heteroatoms. The van der Waals surface area contributed by atoms with Crippen LogP contribution >= 0.6 is 11.6 Å². The van der Waals surface area contributed by atoms with Gasteiger partial charge in [0.1, 0.15) is 0 Å². The molecule has 0 amide bonds. The van der Waals surface area contributed by atoms with E-state index in [0.29, 0.717) is 18.0 Å². The van der Waals surface area contributed by atoms with E-state index in [9.17, 15) is 0 Å². The second-order valence-electron chi connectivity index (χ2n) is 7.41. The Morgan fingerprint density at radius 3 is 2.62 bits per heavy atom. The third-order valence-electron chi connectivity index (χ3n) is 5.55. The van der Waals surface area contributed by atoms with Crippen molar-refractivity contribution in [2.75, 3.05) is 20.1 Å². The summed E-state index contributed by atoms with van der Waals surface area (Å²) in [5.41, 5.74) is 1.33. The van der Waals surface area contributed by atoms with Crippen LogP contribution in [0.2, 0.25) is 5.02 Å². The molecule has 2 unspecified atom stereocenters. The molecule has 2 N–H and O–H groups in total. The highest BCUT2D eigenvalue weighted by Gasteiger charge is 2.39. The highest BCUT2D eigenvalue weighted by molar-refractivity contribution is 6.30. The smallest absolute Gasteiger partial charge is 0.191 e. The van der Waals surface area contributed by atoms with Crippen LogP contribution in [0.5, 0.6) is 0 Å². The van der Waals surface area contributed by atoms with Crippen LogP contribution in [0.25, 0.3) is 0 Å². The minimum atomic E-state index is 0.473. The van der Waals surface area contributed by atoms with Crippen LogP contribution in [0.1, 0.15) is 43.6 Å². The maximum absolute atomic E-state index is 6.10. The van der Waals surface area contributed by atoms with E-state index in [-0.39, 0.29) is 0 Å². The largest absolute Gasteiger partial charge is 0.354 e. The van der Waals surface area contributed by atoms with Gasteiger partial charge in [0.2, 0.25) is 0 Å². The molecule has 0 bridgehead atoms. The number of aliphatic imine (C=N–C) groups is 1. The minimum absolute atomic E-state index is 0.473. The zero-order valence-corrected chi connectivity index (χ0v) is 15.1. The number of nitrogens with one attached hydrogen (secondary N) is 2. The van der Waals surface area contributed by atoms with Gasteiger partial charge in [0.05, 0.1) is 0 Å². The number of likely N-dealkylation sites (tertiary alicyclic amines) is 1. The first-order chi connectivity index (χ1) is 11.7. The quantitative estimate of drug-likeness (QED) is 0.650. The summed E-state index contributed by atoms with van der Waals surface area (Å²) in [6, 6.07) is 10.1. The van der Waals surface area contributed by atoms with Crippen molar-refractivity contribution in [3.63, 3.8) is 0 Å². The van der Waals surface area contributed by atoms with Gasteiger partial charge in [0.15, 0.2) is 5.96 Å². The molecule has 1 aromatic rings. The zero-order chi connectivity index (χ0) is 16.5. The summed E-state index contributed by atoms with van der Waals surface area (Å²) in [4.78, 5) is 7.09. The van der Waals surface area contributed by atoms with Gasteiger partial charge in [-0.15, -0.1) is 0 Å². The summed E-state index contributed by atoms with van der Waals surface area (Å²) >= 11 is 6.10. The fourth-order valence-corrected chi connectivity index (χ4v) is 4.05. The zero-order valence-electron chi connectivity index (χ0n) is 14.3. The van der Waals surface area contributed by atoms with E-state index < -0.39 is 0 Å². The Morgan fingerprint density at radius 1 is 1.17 bits per heavy atom. The molecule has 3 fully saturated rings. The molecule has 4 rings (SSSR count). The molecule has 2 saturated carbocycles. The second kappa shape index (κ2) is 6.93. The number of hydrogen-bond donors (Lipinski definition) is 2. The fourth-order valence-electron chi connectivity index (χ4n) is 3.85. The number of hydrogen-bond acceptors (Lipinski definition) is 2. The molecule has 24 heavy (non-hydrogen) atoms. The van der Waals surface area contributed by atoms with E-state index in [1.54, 1.807) is 0 Å². The van der Waals surface area contributed by atoms with Crippen molar-refractivity contribution in [3.05, 3.63) is 34.9 Å². The maximum atomic E-state index is 6.10. The van der Waals surface area contributed by atoms with E-state index in [0.717, 1.165) is 23.4 Å². The molecular formula is C19H27ClN4. The summed E-state index contributed by atoms with van der Waals surface area (Å²) in [5.74, 6) is 1.51. The van der Waals surface area contributed by atoms with Crippen LogP contribution in [-0.2, 0) is 0 Å². The third kappa shape index (κ3) is 3.86. The Hall–Kier alpha value is -1.26. The molecule has 2 atom stereocenters. The molecule has 0 aromatic heterocycles. The van der Waals surface area contributed by atoms with Gasteiger partial charge >= 0.3 is 0 Å². The van der Waals surface area contributed by atoms with Crippen LogP contribution in [0.4, 0.5) is 0 Å². The van der Waals surface area contributed by atoms with Gasteiger partial charge in [-0.05, 0) is 49.8 Å². The average Bonchev–Trinajstić information content (AvgIpc) is 3.49. The number of piperidine rings is 1. The van der Waals surface area contributed by atoms with Crippen molar-refractivity contribution in [1.82, 2.24) is 15.5 Å². The summed E-state index contributed by atoms with van der Waals surface area (Å²) in [7, 11) is 1.87. The predicted molar refractivity (Wildman–Crippen MR) is 99.8 cm³/mol. The molecule has 130 valence electrons. The third-order valence-corrected chi connectivity index (χ3v) is 5.78. The number of guanidine groups is 1. The normalized spacial score (nSPS) is 28.7.